The molecule has 1 aromatic rings. The molecule has 0 aliphatic heterocycles. The number of hydrogen-bond acceptors (Lipinski definition) is 2. The molecule has 1 N–H and O–H groups in total. The molecule has 0 saturated carbocycles. The number of rotatable bonds is 4. The maximum Gasteiger partial charge on any atom is 0.241 e. The van der Waals surface area contributed by atoms with Gasteiger partial charge in [0.2, 0.25) is 5.91 Å². The molecule has 1 unspecified atom stereocenters. The second-order valence-electron chi connectivity index (χ2n) is 3.61. The average Bonchev–Trinajstić information content (AvgIpc) is 2.49. The van der Waals surface area contributed by atoms with Gasteiger partial charge in [0, 0.05) is 6.04 Å². The molecule has 0 bridgehead atoms. The zero-order valence-corrected chi connectivity index (χ0v) is 10.0. The highest BCUT2D eigenvalue weighted by molar-refractivity contribution is 6.31. The molecular formula is C10H16ClN3O. The van der Waals surface area contributed by atoms with Gasteiger partial charge >= 0.3 is 0 Å². The highest BCUT2D eigenvalue weighted by Crippen LogP contribution is 2.12. The lowest BCUT2D eigenvalue weighted by Crippen LogP contribution is -2.35. The minimum atomic E-state index is -0.0350. The van der Waals surface area contributed by atoms with Crippen LogP contribution in [0.4, 0.5) is 0 Å². The number of nitrogens with zero attached hydrogens (tertiary/aromatic N) is 2. The molecule has 0 aliphatic rings. The molecule has 15 heavy (non-hydrogen) atoms. The van der Waals surface area contributed by atoms with Gasteiger partial charge in [0.05, 0.1) is 16.9 Å². The second-order valence-corrected chi connectivity index (χ2v) is 4.02. The number of amides is 1. The number of hydrogen-bond donors (Lipinski definition) is 1. The van der Waals surface area contributed by atoms with Gasteiger partial charge in [-0.2, -0.15) is 5.10 Å². The maximum atomic E-state index is 11.5. The van der Waals surface area contributed by atoms with Crippen molar-refractivity contribution in [2.75, 3.05) is 0 Å². The molecule has 1 aromatic heterocycles. The Kier molecular flexibility index (Phi) is 4.15. The quantitative estimate of drug-likeness (QED) is 0.855. The van der Waals surface area contributed by atoms with E-state index in [9.17, 15) is 4.79 Å². The summed E-state index contributed by atoms with van der Waals surface area (Å²) in [5.74, 6) is -0.0350. The Morgan fingerprint density at radius 1 is 1.73 bits per heavy atom. The molecule has 1 atom stereocenters. The molecule has 0 aromatic carbocycles. The molecular weight excluding hydrogens is 214 g/mol. The molecule has 1 heterocycles. The van der Waals surface area contributed by atoms with Crippen LogP contribution in [0.3, 0.4) is 0 Å². The smallest absolute Gasteiger partial charge is 0.241 e. The monoisotopic (exact) mass is 229 g/mol. The first-order valence-electron chi connectivity index (χ1n) is 5.01. The van der Waals surface area contributed by atoms with Crippen LogP contribution in [0.15, 0.2) is 6.20 Å². The van der Waals surface area contributed by atoms with E-state index in [1.165, 1.54) is 0 Å². The fraction of sp³-hybridized carbons (Fsp3) is 0.600. The summed E-state index contributed by atoms with van der Waals surface area (Å²) in [4.78, 5) is 11.5. The van der Waals surface area contributed by atoms with E-state index in [0.29, 0.717) is 5.02 Å². The van der Waals surface area contributed by atoms with Crippen LogP contribution in [0.1, 0.15) is 26.0 Å². The summed E-state index contributed by atoms with van der Waals surface area (Å²) in [6.45, 7) is 6.07. The van der Waals surface area contributed by atoms with Crippen LogP contribution >= 0.6 is 11.6 Å². The normalized spacial score (nSPS) is 12.5. The first kappa shape index (κ1) is 12.0. The van der Waals surface area contributed by atoms with E-state index in [1.807, 2.05) is 20.8 Å². The summed E-state index contributed by atoms with van der Waals surface area (Å²) in [6.07, 6.45) is 2.47. The van der Waals surface area contributed by atoms with Crippen molar-refractivity contribution < 1.29 is 4.79 Å². The molecule has 0 spiro atoms. The zero-order valence-electron chi connectivity index (χ0n) is 9.25. The summed E-state index contributed by atoms with van der Waals surface area (Å²) >= 11 is 5.83. The number of nitrogens with one attached hydrogen (secondary N) is 1. The van der Waals surface area contributed by atoms with Crippen molar-refractivity contribution in [3.8, 4) is 0 Å². The molecule has 0 fully saturated rings. The van der Waals surface area contributed by atoms with Crippen molar-refractivity contribution in [3.05, 3.63) is 16.9 Å². The van der Waals surface area contributed by atoms with Crippen molar-refractivity contribution in [2.45, 2.75) is 39.8 Å². The summed E-state index contributed by atoms with van der Waals surface area (Å²) in [5, 5.41) is 7.47. The van der Waals surface area contributed by atoms with E-state index in [4.69, 9.17) is 11.6 Å². The van der Waals surface area contributed by atoms with Crippen LogP contribution < -0.4 is 5.32 Å². The molecule has 0 aliphatic carbocycles. The molecule has 4 nitrogen and oxygen atoms in total. The van der Waals surface area contributed by atoms with Gasteiger partial charge in [0.1, 0.15) is 6.54 Å². The van der Waals surface area contributed by atoms with E-state index in [1.54, 1.807) is 10.9 Å². The van der Waals surface area contributed by atoms with E-state index >= 15 is 0 Å². The van der Waals surface area contributed by atoms with Gasteiger partial charge in [-0.25, -0.2) is 0 Å². The molecule has 0 radical (unpaired) electrons. The Morgan fingerprint density at radius 2 is 2.40 bits per heavy atom. The number of carbonyl (C=O) groups is 1. The maximum absolute atomic E-state index is 11.5. The van der Waals surface area contributed by atoms with Gasteiger partial charge in [0.25, 0.3) is 0 Å². The third-order valence-electron chi connectivity index (χ3n) is 2.36. The Hall–Kier alpha value is -1.03. The molecule has 1 amide bonds. The molecule has 1 rings (SSSR count). The lowest BCUT2D eigenvalue weighted by atomic mass is 10.2. The predicted molar refractivity (Wildman–Crippen MR) is 59.9 cm³/mol. The molecule has 5 heteroatoms. The molecule has 0 saturated heterocycles. The summed E-state index contributed by atoms with van der Waals surface area (Å²) in [6, 6.07) is 0.198. The van der Waals surface area contributed by atoms with Crippen molar-refractivity contribution in [1.29, 1.82) is 0 Å². The Balaban J connectivity index is 2.55. The topological polar surface area (TPSA) is 46.9 Å². The minimum absolute atomic E-state index is 0.0350. The number of halogens is 1. The Labute approximate surface area is 94.6 Å². The van der Waals surface area contributed by atoms with Gasteiger partial charge in [-0.1, -0.05) is 18.5 Å². The van der Waals surface area contributed by atoms with E-state index in [2.05, 4.69) is 10.4 Å². The number of carbonyl (C=O) groups excluding carboxylic acids is 1. The lowest BCUT2D eigenvalue weighted by molar-refractivity contribution is -0.122. The van der Waals surface area contributed by atoms with Crippen LogP contribution in [0, 0.1) is 6.92 Å². The predicted octanol–water partition coefficient (Wildman–Crippen LogP) is 1.76. The summed E-state index contributed by atoms with van der Waals surface area (Å²) in [7, 11) is 0. The zero-order chi connectivity index (χ0) is 11.4. The van der Waals surface area contributed by atoms with Crippen LogP contribution in [-0.4, -0.2) is 21.7 Å². The van der Waals surface area contributed by atoms with Crippen LogP contribution in [0.5, 0.6) is 0 Å². The van der Waals surface area contributed by atoms with Crippen molar-refractivity contribution in [1.82, 2.24) is 15.1 Å². The van der Waals surface area contributed by atoms with E-state index < -0.39 is 0 Å². The van der Waals surface area contributed by atoms with Crippen LogP contribution in [0.2, 0.25) is 5.02 Å². The largest absolute Gasteiger partial charge is 0.352 e. The first-order valence-corrected chi connectivity index (χ1v) is 5.39. The van der Waals surface area contributed by atoms with Crippen molar-refractivity contribution in [3.63, 3.8) is 0 Å². The third kappa shape index (κ3) is 3.23. The van der Waals surface area contributed by atoms with Gasteiger partial charge in [-0.3, -0.25) is 9.48 Å². The Bertz CT molecular complexity index is 348. The molecule has 84 valence electrons. The van der Waals surface area contributed by atoms with Crippen LogP contribution in [0.25, 0.3) is 0 Å². The fourth-order valence-corrected chi connectivity index (χ4v) is 1.28. The van der Waals surface area contributed by atoms with Gasteiger partial charge in [-0.05, 0) is 20.3 Å². The first-order chi connectivity index (χ1) is 7.04. The lowest BCUT2D eigenvalue weighted by Gasteiger charge is -2.11. The fourth-order valence-electron chi connectivity index (χ4n) is 1.14. The second kappa shape index (κ2) is 5.16. The summed E-state index contributed by atoms with van der Waals surface area (Å²) < 4.78 is 1.60. The van der Waals surface area contributed by atoms with Gasteiger partial charge in [-0.15, -0.1) is 0 Å². The van der Waals surface area contributed by atoms with Crippen molar-refractivity contribution >= 4 is 17.5 Å². The summed E-state index contributed by atoms with van der Waals surface area (Å²) in [5.41, 5.74) is 0.816. The van der Waals surface area contributed by atoms with Crippen LogP contribution in [-0.2, 0) is 11.3 Å². The van der Waals surface area contributed by atoms with E-state index in [0.717, 1.165) is 12.1 Å². The van der Waals surface area contributed by atoms with Gasteiger partial charge < -0.3 is 5.32 Å². The standard InChI is InChI=1S/C10H16ClN3O/c1-4-7(2)13-10(15)6-14-8(3)9(11)5-12-14/h5,7H,4,6H2,1-3H3,(H,13,15). The number of aromatic nitrogens is 2. The SMILES string of the molecule is CCC(C)NC(=O)Cn1ncc(Cl)c1C. The van der Waals surface area contributed by atoms with Gasteiger partial charge in [0.15, 0.2) is 0 Å². The highest BCUT2D eigenvalue weighted by Gasteiger charge is 2.09. The third-order valence-corrected chi connectivity index (χ3v) is 2.73. The highest BCUT2D eigenvalue weighted by atomic mass is 35.5. The van der Waals surface area contributed by atoms with Crippen molar-refractivity contribution in [2.24, 2.45) is 0 Å². The van der Waals surface area contributed by atoms with E-state index in [-0.39, 0.29) is 18.5 Å². The minimum Gasteiger partial charge on any atom is -0.352 e. The Morgan fingerprint density at radius 3 is 2.87 bits per heavy atom. The average molecular weight is 230 g/mol.